The van der Waals surface area contributed by atoms with Crippen LogP contribution in [0.1, 0.15) is 15.9 Å². The number of terminal acetylenes is 1. The zero-order chi connectivity index (χ0) is 17.2. The van der Waals surface area contributed by atoms with E-state index in [1.54, 1.807) is 24.3 Å². The van der Waals surface area contributed by atoms with Gasteiger partial charge in [0, 0.05) is 29.4 Å². The Morgan fingerprint density at radius 1 is 0.958 bits per heavy atom. The standard InChI is InChI=1S/C21H10O3/c1-2-3-4-5-6-10-15-24-18-13-14-19(20(22)16-18)21(23)17-11-8-7-9-12-17/h1,7-9,11-14,16,22H. The Labute approximate surface area is 140 Å². The summed E-state index contributed by atoms with van der Waals surface area (Å²) >= 11 is 0. The summed E-state index contributed by atoms with van der Waals surface area (Å²) in [5.41, 5.74) is 0.676. The van der Waals surface area contributed by atoms with Crippen LogP contribution in [0.4, 0.5) is 0 Å². The molecule has 112 valence electrons. The number of carbonyl (C=O) groups is 1. The lowest BCUT2D eigenvalue weighted by atomic mass is 10.0. The molecule has 0 atom stereocenters. The molecule has 2 rings (SSSR count). The number of aromatic hydroxyl groups is 1. The molecule has 0 saturated heterocycles. The number of ether oxygens (including phenoxy) is 1. The first-order chi connectivity index (χ1) is 11.7. The van der Waals surface area contributed by atoms with Crippen LogP contribution in [0.5, 0.6) is 11.5 Å². The molecule has 0 unspecified atom stereocenters. The van der Waals surface area contributed by atoms with E-state index in [0.29, 0.717) is 11.3 Å². The average Bonchev–Trinajstić information content (AvgIpc) is 2.61. The molecule has 1 N–H and O–H groups in total. The van der Waals surface area contributed by atoms with Crippen molar-refractivity contribution in [1.82, 2.24) is 0 Å². The molecular weight excluding hydrogens is 300 g/mol. The van der Waals surface area contributed by atoms with E-state index in [0.717, 1.165) is 0 Å². The van der Waals surface area contributed by atoms with E-state index in [1.165, 1.54) is 18.2 Å². The second-order valence-corrected chi connectivity index (χ2v) is 4.35. The number of hydrogen-bond acceptors (Lipinski definition) is 3. The fraction of sp³-hybridized carbons (Fsp3) is 0. The first kappa shape index (κ1) is 16.3. The van der Waals surface area contributed by atoms with Crippen LogP contribution in [0.25, 0.3) is 0 Å². The van der Waals surface area contributed by atoms with E-state index in [-0.39, 0.29) is 17.1 Å². The largest absolute Gasteiger partial charge is 0.507 e. The van der Waals surface area contributed by atoms with Crippen LogP contribution in [0, 0.1) is 48.1 Å². The zero-order valence-electron chi connectivity index (χ0n) is 12.5. The summed E-state index contributed by atoms with van der Waals surface area (Å²) in [7, 11) is 0. The van der Waals surface area contributed by atoms with Crippen LogP contribution >= 0.6 is 0 Å². The van der Waals surface area contributed by atoms with Crippen LogP contribution in [-0.2, 0) is 0 Å². The molecule has 0 aromatic heterocycles. The van der Waals surface area contributed by atoms with Crippen LogP contribution in [0.15, 0.2) is 48.5 Å². The van der Waals surface area contributed by atoms with E-state index >= 15 is 0 Å². The van der Waals surface area contributed by atoms with E-state index in [4.69, 9.17) is 11.2 Å². The molecule has 3 heteroatoms. The highest BCUT2D eigenvalue weighted by Gasteiger charge is 2.13. The summed E-state index contributed by atoms with van der Waals surface area (Å²) < 4.78 is 5.11. The number of rotatable bonds is 3. The number of phenols is 1. The Morgan fingerprint density at radius 2 is 1.67 bits per heavy atom. The van der Waals surface area contributed by atoms with Crippen molar-refractivity contribution in [3.8, 4) is 59.6 Å². The van der Waals surface area contributed by atoms with E-state index in [2.05, 4.69) is 41.6 Å². The Bertz CT molecular complexity index is 976. The lowest BCUT2D eigenvalue weighted by Crippen LogP contribution is -2.01. The van der Waals surface area contributed by atoms with Gasteiger partial charge in [0.2, 0.25) is 0 Å². The maximum absolute atomic E-state index is 12.3. The minimum absolute atomic E-state index is 0.186. The number of hydrogen-bond donors (Lipinski definition) is 1. The second kappa shape index (κ2) is 8.41. The Kier molecular flexibility index (Phi) is 5.72. The first-order valence-corrected chi connectivity index (χ1v) is 6.77. The molecule has 0 aliphatic carbocycles. The topological polar surface area (TPSA) is 46.5 Å². The lowest BCUT2D eigenvalue weighted by molar-refractivity contribution is 0.103. The third kappa shape index (κ3) is 4.47. The first-order valence-electron chi connectivity index (χ1n) is 6.77. The normalized spacial score (nSPS) is 8.12. The maximum atomic E-state index is 12.3. The fourth-order valence-corrected chi connectivity index (χ4v) is 1.75. The van der Waals surface area contributed by atoms with Gasteiger partial charge in [0.1, 0.15) is 17.6 Å². The monoisotopic (exact) mass is 310 g/mol. The molecule has 3 nitrogen and oxygen atoms in total. The average molecular weight is 310 g/mol. The fourth-order valence-electron chi connectivity index (χ4n) is 1.75. The summed E-state index contributed by atoms with van der Waals surface area (Å²) in [4.78, 5) is 12.3. The smallest absolute Gasteiger partial charge is 0.196 e. The molecule has 0 aliphatic rings. The van der Waals surface area contributed by atoms with Gasteiger partial charge in [-0.15, -0.1) is 6.42 Å². The molecule has 0 amide bonds. The predicted molar refractivity (Wildman–Crippen MR) is 90.8 cm³/mol. The molecule has 0 saturated carbocycles. The minimum Gasteiger partial charge on any atom is -0.507 e. The second-order valence-electron chi connectivity index (χ2n) is 4.35. The highest BCUT2D eigenvalue weighted by Crippen LogP contribution is 2.25. The molecule has 2 aromatic carbocycles. The van der Waals surface area contributed by atoms with E-state index in [9.17, 15) is 9.90 Å². The number of phenolic OH excluding ortho intramolecular Hbond substituents is 1. The van der Waals surface area contributed by atoms with Crippen molar-refractivity contribution in [2.24, 2.45) is 0 Å². The summed E-state index contributed by atoms with van der Waals surface area (Å²) in [6.07, 6.45) is 7.28. The molecular formula is C21H10O3. The van der Waals surface area contributed by atoms with Gasteiger partial charge in [-0.05, 0) is 29.9 Å². The van der Waals surface area contributed by atoms with Crippen molar-refractivity contribution < 1.29 is 14.6 Å². The van der Waals surface area contributed by atoms with Crippen LogP contribution in [0.2, 0.25) is 0 Å². The van der Waals surface area contributed by atoms with Gasteiger partial charge in [-0.3, -0.25) is 4.79 Å². The van der Waals surface area contributed by atoms with Gasteiger partial charge >= 0.3 is 0 Å². The molecule has 0 fully saturated rings. The summed E-state index contributed by atoms with van der Waals surface area (Å²) in [6.45, 7) is 0. The van der Waals surface area contributed by atoms with Crippen LogP contribution in [0.3, 0.4) is 0 Å². The zero-order valence-corrected chi connectivity index (χ0v) is 12.5. The SMILES string of the molecule is C#CC#CC#CC#COc1ccc(C(=O)c2ccccc2)c(O)c1. The van der Waals surface area contributed by atoms with Gasteiger partial charge in [0.25, 0.3) is 0 Å². The van der Waals surface area contributed by atoms with Gasteiger partial charge in [0.15, 0.2) is 5.78 Å². The Balaban J connectivity index is 2.10. The van der Waals surface area contributed by atoms with Crippen molar-refractivity contribution in [3.63, 3.8) is 0 Å². The van der Waals surface area contributed by atoms with Crippen LogP contribution in [-0.4, -0.2) is 10.9 Å². The third-order valence-corrected chi connectivity index (χ3v) is 2.79. The van der Waals surface area contributed by atoms with Gasteiger partial charge in [0.05, 0.1) is 5.56 Å². The van der Waals surface area contributed by atoms with Crippen molar-refractivity contribution in [1.29, 1.82) is 0 Å². The van der Waals surface area contributed by atoms with Gasteiger partial charge in [-0.25, -0.2) is 0 Å². The number of ketones is 1. The van der Waals surface area contributed by atoms with Gasteiger partial charge in [-0.1, -0.05) is 30.3 Å². The molecule has 0 radical (unpaired) electrons. The van der Waals surface area contributed by atoms with Gasteiger partial charge in [-0.2, -0.15) is 0 Å². The number of benzene rings is 2. The minimum atomic E-state index is -0.274. The van der Waals surface area contributed by atoms with Crippen molar-refractivity contribution in [2.45, 2.75) is 0 Å². The molecule has 0 aliphatic heterocycles. The molecule has 0 heterocycles. The maximum Gasteiger partial charge on any atom is 0.196 e. The van der Waals surface area contributed by atoms with Crippen molar-refractivity contribution in [2.75, 3.05) is 0 Å². The quantitative estimate of drug-likeness (QED) is 0.700. The molecule has 0 bridgehead atoms. The summed E-state index contributed by atoms with van der Waals surface area (Å²) in [6, 6.07) is 13.0. The third-order valence-electron chi connectivity index (χ3n) is 2.79. The Hall–Kier alpha value is -4.05. The predicted octanol–water partition coefficient (Wildman–Crippen LogP) is 2.60. The lowest BCUT2D eigenvalue weighted by Gasteiger charge is -2.05. The molecule has 24 heavy (non-hydrogen) atoms. The Morgan fingerprint density at radius 3 is 2.38 bits per heavy atom. The highest BCUT2D eigenvalue weighted by atomic mass is 16.5. The summed E-state index contributed by atoms with van der Waals surface area (Å²) in [5, 5.41) is 10.0. The van der Waals surface area contributed by atoms with E-state index < -0.39 is 0 Å². The van der Waals surface area contributed by atoms with Crippen molar-refractivity contribution >= 4 is 5.78 Å². The molecule has 0 spiro atoms. The van der Waals surface area contributed by atoms with E-state index in [1.807, 2.05) is 6.07 Å². The highest BCUT2D eigenvalue weighted by molar-refractivity contribution is 6.10. The summed E-state index contributed by atoms with van der Waals surface area (Å²) in [5.74, 6) is 14.0. The number of carbonyl (C=O) groups excluding carboxylic acids is 1. The van der Waals surface area contributed by atoms with Crippen LogP contribution < -0.4 is 4.74 Å². The van der Waals surface area contributed by atoms with Crippen molar-refractivity contribution in [3.05, 3.63) is 59.7 Å². The molecule has 2 aromatic rings. The van der Waals surface area contributed by atoms with Gasteiger partial charge < -0.3 is 9.84 Å².